The minimum absolute atomic E-state index is 0.0986. The molecule has 2 aromatic carbocycles. The number of aromatic nitrogens is 1. The van der Waals surface area contributed by atoms with Gasteiger partial charge in [-0.1, -0.05) is 17.7 Å². The van der Waals surface area contributed by atoms with Gasteiger partial charge in [0.2, 0.25) is 0 Å². The smallest absolute Gasteiger partial charge is 0.321 e. The first-order valence-corrected chi connectivity index (χ1v) is 9.70. The van der Waals surface area contributed by atoms with Crippen LogP contribution in [0.2, 0.25) is 0 Å². The van der Waals surface area contributed by atoms with Crippen LogP contribution < -0.4 is 9.64 Å². The maximum absolute atomic E-state index is 12.6. The molecule has 0 N–H and O–H groups in total. The van der Waals surface area contributed by atoms with Gasteiger partial charge in [0.05, 0.1) is 5.75 Å². The Hall–Kier alpha value is -3.12. The van der Waals surface area contributed by atoms with Gasteiger partial charge in [-0.3, -0.25) is 14.6 Å². The number of hydrogen-bond donors (Lipinski definition) is 0. The largest absolute Gasteiger partial charge is 0.426 e. The second-order valence-corrected chi connectivity index (χ2v) is 7.22. The predicted octanol–water partition coefficient (Wildman–Crippen LogP) is 4.36. The number of thioether (sulfide) groups is 1. The number of anilines is 1. The van der Waals surface area contributed by atoms with Gasteiger partial charge < -0.3 is 9.64 Å². The van der Waals surface area contributed by atoms with Crippen molar-refractivity contribution in [3.8, 4) is 5.75 Å². The lowest BCUT2D eigenvalue weighted by Gasteiger charge is -2.18. The Bertz CT molecular complexity index is 942. The van der Waals surface area contributed by atoms with E-state index >= 15 is 0 Å². The lowest BCUT2D eigenvalue weighted by atomic mass is 10.1. The molecule has 5 nitrogen and oxygen atoms in total. The van der Waals surface area contributed by atoms with Crippen LogP contribution in [0, 0.1) is 6.92 Å². The highest BCUT2D eigenvalue weighted by molar-refractivity contribution is 8.00. The van der Waals surface area contributed by atoms with Crippen LogP contribution in [0.15, 0.2) is 78.0 Å². The number of esters is 1. The average Bonchev–Trinajstić information content (AvgIpc) is 2.73. The zero-order valence-corrected chi connectivity index (χ0v) is 16.5. The summed E-state index contributed by atoms with van der Waals surface area (Å²) in [6.07, 6.45) is 3.36. The average molecular weight is 392 g/mol. The summed E-state index contributed by atoms with van der Waals surface area (Å²) in [6, 6.07) is 18.0. The molecule has 0 unspecified atom stereocenters. The van der Waals surface area contributed by atoms with Gasteiger partial charge in [-0.15, -0.1) is 11.8 Å². The molecule has 0 aliphatic rings. The highest BCUT2D eigenvalue weighted by Crippen LogP contribution is 2.22. The summed E-state index contributed by atoms with van der Waals surface area (Å²) in [6.45, 7) is 1.98. The summed E-state index contributed by atoms with van der Waals surface area (Å²) in [7, 11) is 1.72. The van der Waals surface area contributed by atoms with Crippen molar-refractivity contribution in [2.24, 2.45) is 0 Å². The highest BCUT2D eigenvalue weighted by atomic mass is 32.2. The number of nitrogens with zero attached hydrogens (tertiary/aromatic N) is 2. The Labute approximate surface area is 168 Å². The minimum Gasteiger partial charge on any atom is -0.426 e. The van der Waals surface area contributed by atoms with Gasteiger partial charge in [0.15, 0.2) is 0 Å². The first-order chi connectivity index (χ1) is 13.5. The van der Waals surface area contributed by atoms with E-state index in [-0.39, 0.29) is 17.6 Å². The number of amides is 1. The van der Waals surface area contributed by atoms with Crippen LogP contribution in [-0.2, 0) is 4.79 Å². The predicted molar refractivity (Wildman–Crippen MR) is 111 cm³/mol. The summed E-state index contributed by atoms with van der Waals surface area (Å²) in [5, 5.41) is 0. The third-order valence-corrected chi connectivity index (χ3v) is 5.05. The Kier molecular flexibility index (Phi) is 6.45. The summed E-state index contributed by atoms with van der Waals surface area (Å²) >= 11 is 1.39. The molecule has 6 heteroatoms. The SMILES string of the molecule is Cc1ccc(C(=O)N(C)c2ccc(OC(=O)CSc3ccncc3)cc2)cc1. The van der Waals surface area contributed by atoms with Crippen molar-refractivity contribution in [1.29, 1.82) is 0 Å². The molecule has 0 radical (unpaired) electrons. The van der Waals surface area contributed by atoms with Crippen LogP contribution in [0.3, 0.4) is 0 Å². The van der Waals surface area contributed by atoms with Crippen LogP contribution in [0.5, 0.6) is 5.75 Å². The minimum atomic E-state index is -0.335. The number of aryl methyl sites for hydroxylation is 1. The number of rotatable bonds is 6. The molecule has 28 heavy (non-hydrogen) atoms. The third kappa shape index (κ3) is 5.20. The van der Waals surface area contributed by atoms with Crippen molar-refractivity contribution >= 4 is 29.3 Å². The molecule has 0 saturated carbocycles. The van der Waals surface area contributed by atoms with E-state index in [0.29, 0.717) is 11.3 Å². The molecule has 3 rings (SSSR count). The Balaban J connectivity index is 1.57. The lowest BCUT2D eigenvalue weighted by Crippen LogP contribution is -2.26. The van der Waals surface area contributed by atoms with Crippen molar-refractivity contribution in [3.63, 3.8) is 0 Å². The zero-order chi connectivity index (χ0) is 19.9. The van der Waals surface area contributed by atoms with E-state index in [9.17, 15) is 9.59 Å². The van der Waals surface area contributed by atoms with Crippen LogP contribution >= 0.6 is 11.8 Å². The van der Waals surface area contributed by atoms with Crippen molar-refractivity contribution in [1.82, 2.24) is 4.98 Å². The summed E-state index contributed by atoms with van der Waals surface area (Å²) in [5.74, 6) is 0.217. The lowest BCUT2D eigenvalue weighted by molar-refractivity contribution is -0.131. The van der Waals surface area contributed by atoms with Crippen molar-refractivity contribution in [2.75, 3.05) is 17.7 Å². The number of carbonyl (C=O) groups excluding carboxylic acids is 2. The molecule has 1 aromatic heterocycles. The quantitative estimate of drug-likeness (QED) is 0.354. The maximum Gasteiger partial charge on any atom is 0.321 e. The van der Waals surface area contributed by atoms with Gasteiger partial charge in [0, 0.05) is 35.6 Å². The molecule has 0 aliphatic heterocycles. The number of pyridine rings is 1. The molecule has 142 valence electrons. The molecule has 0 fully saturated rings. The van der Waals surface area contributed by atoms with Crippen LogP contribution in [0.4, 0.5) is 5.69 Å². The van der Waals surface area contributed by atoms with Gasteiger partial charge in [-0.05, 0) is 55.5 Å². The van der Waals surface area contributed by atoms with Gasteiger partial charge in [-0.2, -0.15) is 0 Å². The second kappa shape index (κ2) is 9.19. The second-order valence-electron chi connectivity index (χ2n) is 6.17. The zero-order valence-electron chi connectivity index (χ0n) is 15.7. The van der Waals surface area contributed by atoms with E-state index < -0.39 is 0 Å². The van der Waals surface area contributed by atoms with E-state index in [1.807, 2.05) is 43.3 Å². The summed E-state index contributed by atoms with van der Waals surface area (Å²) in [5.41, 5.74) is 2.45. The number of ether oxygens (including phenoxy) is 1. The van der Waals surface area contributed by atoms with E-state index in [0.717, 1.165) is 16.1 Å². The van der Waals surface area contributed by atoms with Crippen LogP contribution in [-0.4, -0.2) is 29.7 Å². The third-order valence-electron chi connectivity index (χ3n) is 4.07. The van der Waals surface area contributed by atoms with Crippen LogP contribution in [0.25, 0.3) is 0 Å². The molecule has 0 aliphatic carbocycles. The standard InChI is InChI=1S/C22H20N2O3S/c1-16-3-5-17(6-4-16)22(26)24(2)18-7-9-19(10-8-18)27-21(25)15-28-20-11-13-23-14-12-20/h3-14H,15H2,1-2H3. The number of carbonyl (C=O) groups is 2. The van der Waals surface area contributed by atoms with Gasteiger partial charge >= 0.3 is 5.97 Å². The Morgan fingerprint density at radius 3 is 2.25 bits per heavy atom. The van der Waals surface area contributed by atoms with Crippen molar-refractivity contribution < 1.29 is 14.3 Å². The van der Waals surface area contributed by atoms with Gasteiger partial charge in [0.1, 0.15) is 5.75 Å². The molecule has 1 amide bonds. The number of benzene rings is 2. The molecule has 0 atom stereocenters. The fourth-order valence-corrected chi connectivity index (χ4v) is 3.14. The molecule has 1 heterocycles. The number of hydrogen-bond acceptors (Lipinski definition) is 5. The fraction of sp³-hybridized carbons (Fsp3) is 0.136. The molecule has 0 bridgehead atoms. The van der Waals surface area contributed by atoms with E-state index in [1.165, 1.54) is 11.8 Å². The van der Waals surface area contributed by atoms with E-state index in [4.69, 9.17) is 4.74 Å². The molecule has 0 spiro atoms. The summed E-state index contributed by atoms with van der Waals surface area (Å²) in [4.78, 5) is 31.0. The molecular weight excluding hydrogens is 372 g/mol. The fourth-order valence-electron chi connectivity index (χ4n) is 2.48. The first-order valence-electron chi connectivity index (χ1n) is 8.71. The normalized spacial score (nSPS) is 10.4. The molecule has 3 aromatic rings. The van der Waals surface area contributed by atoms with E-state index in [1.54, 1.807) is 48.6 Å². The monoisotopic (exact) mass is 392 g/mol. The first kappa shape index (κ1) is 19.6. The van der Waals surface area contributed by atoms with Crippen LogP contribution in [0.1, 0.15) is 15.9 Å². The van der Waals surface area contributed by atoms with Crippen molar-refractivity contribution in [2.45, 2.75) is 11.8 Å². The van der Waals surface area contributed by atoms with Gasteiger partial charge in [0.25, 0.3) is 5.91 Å². The molecule has 0 saturated heterocycles. The van der Waals surface area contributed by atoms with Crippen molar-refractivity contribution in [3.05, 3.63) is 84.2 Å². The highest BCUT2D eigenvalue weighted by Gasteiger charge is 2.14. The van der Waals surface area contributed by atoms with Gasteiger partial charge in [-0.25, -0.2) is 0 Å². The summed E-state index contributed by atoms with van der Waals surface area (Å²) < 4.78 is 5.35. The topological polar surface area (TPSA) is 59.5 Å². The molecular formula is C22H20N2O3S. The Morgan fingerprint density at radius 1 is 0.964 bits per heavy atom. The maximum atomic E-state index is 12.6. The van der Waals surface area contributed by atoms with E-state index in [2.05, 4.69) is 4.98 Å². The Morgan fingerprint density at radius 2 is 1.61 bits per heavy atom.